The number of aliphatic hydroxyl groups is 1. The van der Waals surface area contributed by atoms with Crippen molar-refractivity contribution in [1.29, 1.82) is 0 Å². The molecule has 0 radical (unpaired) electrons. The first-order valence-electron chi connectivity index (χ1n) is 4.66. The van der Waals surface area contributed by atoms with Crippen molar-refractivity contribution in [1.82, 2.24) is 0 Å². The van der Waals surface area contributed by atoms with Gasteiger partial charge in [0.25, 0.3) is 5.91 Å². The molecule has 0 bridgehead atoms. The molecular weight excluding hydrogens is 210 g/mol. The number of nitrogens with zero attached hydrogens (tertiary/aromatic N) is 1. The number of carbonyl (C=O) groups excluding carboxylic acids is 1. The minimum atomic E-state index is -0.963. The summed E-state index contributed by atoms with van der Waals surface area (Å²) in [6, 6.07) is 7.63. The molecule has 0 saturated heterocycles. The van der Waals surface area contributed by atoms with Gasteiger partial charge in [-0.1, -0.05) is 0 Å². The van der Waals surface area contributed by atoms with Crippen molar-refractivity contribution >= 4 is 23.4 Å². The Balaban J connectivity index is 2.82. The summed E-state index contributed by atoms with van der Waals surface area (Å²) in [5, 5.41) is 9.16. The zero-order chi connectivity index (χ0) is 11.4. The van der Waals surface area contributed by atoms with E-state index in [9.17, 15) is 4.79 Å². The number of likely N-dealkylation sites (N-methyl/N-ethyl adjacent to an activating group) is 1. The van der Waals surface area contributed by atoms with E-state index >= 15 is 0 Å². The molecule has 0 saturated carbocycles. The molecule has 15 heavy (non-hydrogen) atoms. The average molecular weight is 225 g/mol. The third kappa shape index (κ3) is 2.97. The number of hydrogen-bond donors (Lipinski definition) is 1. The van der Waals surface area contributed by atoms with Crippen molar-refractivity contribution in [2.75, 3.05) is 18.2 Å². The van der Waals surface area contributed by atoms with E-state index in [1.165, 1.54) is 11.8 Å². The predicted octanol–water partition coefficient (Wildman–Crippen LogP) is 1.75. The SMILES string of the molecule is CSc1ccc(N(C)C(=O)C(C)O)cc1. The highest BCUT2D eigenvalue weighted by Gasteiger charge is 2.15. The van der Waals surface area contributed by atoms with Crippen LogP contribution in [0.1, 0.15) is 6.92 Å². The number of anilines is 1. The van der Waals surface area contributed by atoms with Gasteiger partial charge in [-0.05, 0) is 37.4 Å². The smallest absolute Gasteiger partial charge is 0.255 e. The predicted molar refractivity (Wildman–Crippen MR) is 63.3 cm³/mol. The summed E-state index contributed by atoms with van der Waals surface area (Å²) in [7, 11) is 1.66. The second-order valence-electron chi connectivity index (χ2n) is 3.27. The van der Waals surface area contributed by atoms with Crippen LogP contribution >= 0.6 is 11.8 Å². The molecule has 1 atom stereocenters. The van der Waals surface area contributed by atoms with Crippen molar-refractivity contribution in [2.24, 2.45) is 0 Å². The monoisotopic (exact) mass is 225 g/mol. The topological polar surface area (TPSA) is 40.5 Å². The Morgan fingerprint density at radius 2 is 1.93 bits per heavy atom. The summed E-state index contributed by atoms with van der Waals surface area (Å²) >= 11 is 1.65. The van der Waals surface area contributed by atoms with Gasteiger partial charge in [-0.3, -0.25) is 4.79 Å². The Bertz CT molecular complexity index is 335. The summed E-state index contributed by atoms with van der Waals surface area (Å²) in [6.07, 6.45) is 1.04. The van der Waals surface area contributed by atoms with Crippen LogP contribution in [0.15, 0.2) is 29.2 Å². The molecule has 82 valence electrons. The Morgan fingerprint density at radius 1 is 1.40 bits per heavy atom. The van der Waals surface area contributed by atoms with E-state index in [0.29, 0.717) is 0 Å². The molecule has 1 unspecified atom stereocenters. The first-order chi connectivity index (χ1) is 7.06. The molecule has 1 amide bonds. The van der Waals surface area contributed by atoms with Crippen LogP contribution in [-0.2, 0) is 4.79 Å². The fourth-order valence-corrected chi connectivity index (χ4v) is 1.62. The van der Waals surface area contributed by atoms with Crippen LogP contribution in [0, 0.1) is 0 Å². The van der Waals surface area contributed by atoms with E-state index in [0.717, 1.165) is 10.6 Å². The van der Waals surface area contributed by atoms with Gasteiger partial charge in [0.1, 0.15) is 6.10 Å². The fourth-order valence-electron chi connectivity index (χ4n) is 1.21. The minimum Gasteiger partial charge on any atom is -0.384 e. The van der Waals surface area contributed by atoms with Gasteiger partial charge in [0.15, 0.2) is 0 Å². The summed E-state index contributed by atoms with van der Waals surface area (Å²) in [5.74, 6) is -0.299. The standard InChI is InChI=1S/C11H15NO2S/c1-8(13)11(14)12(2)9-4-6-10(15-3)7-5-9/h4-8,13H,1-3H3. The lowest BCUT2D eigenvalue weighted by molar-refractivity contribution is -0.125. The number of rotatable bonds is 3. The van der Waals surface area contributed by atoms with Crippen molar-refractivity contribution in [3.05, 3.63) is 24.3 Å². The first kappa shape index (κ1) is 12.1. The Labute approximate surface area is 94.1 Å². The number of hydrogen-bond acceptors (Lipinski definition) is 3. The molecule has 1 N–H and O–H groups in total. The number of amides is 1. The third-order valence-electron chi connectivity index (χ3n) is 2.15. The van der Waals surface area contributed by atoms with Gasteiger partial charge in [0.2, 0.25) is 0 Å². The van der Waals surface area contributed by atoms with E-state index in [1.54, 1.807) is 18.8 Å². The van der Waals surface area contributed by atoms with Crippen LogP contribution in [0.25, 0.3) is 0 Å². The van der Waals surface area contributed by atoms with Gasteiger partial charge in [0, 0.05) is 17.6 Å². The highest BCUT2D eigenvalue weighted by molar-refractivity contribution is 7.98. The van der Waals surface area contributed by atoms with Gasteiger partial charge < -0.3 is 10.0 Å². The molecule has 0 aliphatic rings. The largest absolute Gasteiger partial charge is 0.384 e. The first-order valence-corrected chi connectivity index (χ1v) is 5.88. The maximum Gasteiger partial charge on any atom is 0.255 e. The number of carbonyl (C=O) groups is 1. The van der Waals surface area contributed by atoms with Crippen LogP contribution in [0.4, 0.5) is 5.69 Å². The fraction of sp³-hybridized carbons (Fsp3) is 0.364. The van der Waals surface area contributed by atoms with E-state index in [1.807, 2.05) is 30.5 Å². The summed E-state index contributed by atoms with van der Waals surface area (Å²) < 4.78 is 0. The average Bonchev–Trinajstić information content (AvgIpc) is 2.27. The van der Waals surface area contributed by atoms with Crippen LogP contribution in [-0.4, -0.2) is 30.4 Å². The molecule has 1 aromatic carbocycles. The summed E-state index contributed by atoms with van der Waals surface area (Å²) in [6.45, 7) is 1.47. The lowest BCUT2D eigenvalue weighted by Gasteiger charge is -2.18. The van der Waals surface area contributed by atoms with Crippen molar-refractivity contribution < 1.29 is 9.90 Å². The summed E-state index contributed by atoms with van der Waals surface area (Å²) in [4.78, 5) is 14.1. The highest BCUT2D eigenvalue weighted by Crippen LogP contribution is 2.20. The van der Waals surface area contributed by atoms with Crippen molar-refractivity contribution in [2.45, 2.75) is 17.9 Å². The highest BCUT2D eigenvalue weighted by atomic mass is 32.2. The molecule has 1 rings (SSSR count). The van der Waals surface area contributed by atoms with E-state index in [4.69, 9.17) is 5.11 Å². The molecule has 0 heterocycles. The molecular formula is C11H15NO2S. The maximum absolute atomic E-state index is 11.5. The van der Waals surface area contributed by atoms with Gasteiger partial charge in [0.05, 0.1) is 0 Å². The molecule has 4 heteroatoms. The molecule has 3 nitrogen and oxygen atoms in total. The molecule has 0 aliphatic heterocycles. The molecule has 1 aromatic rings. The summed E-state index contributed by atoms with van der Waals surface area (Å²) in [5.41, 5.74) is 0.790. The van der Waals surface area contributed by atoms with Crippen LogP contribution in [0.3, 0.4) is 0 Å². The van der Waals surface area contributed by atoms with Gasteiger partial charge in [-0.2, -0.15) is 0 Å². The van der Waals surface area contributed by atoms with Crippen molar-refractivity contribution in [3.63, 3.8) is 0 Å². The number of aliphatic hydroxyl groups excluding tert-OH is 1. The van der Waals surface area contributed by atoms with E-state index in [2.05, 4.69) is 0 Å². The molecule has 0 aromatic heterocycles. The van der Waals surface area contributed by atoms with Gasteiger partial charge >= 0.3 is 0 Å². The Kier molecular flexibility index (Phi) is 4.17. The van der Waals surface area contributed by atoms with E-state index < -0.39 is 6.10 Å². The van der Waals surface area contributed by atoms with Gasteiger partial charge in [-0.25, -0.2) is 0 Å². The number of thioether (sulfide) groups is 1. The van der Waals surface area contributed by atoms with Crippen molar-refractivity contribution in [3.8, 4) is 0 Å². The second kappa shape index (κ2) is 5.19. The van der Waals surface area contributed by atoms with Gasteiger partial charge in [-0.15, -0.1) is 11.8 Å². The number of benzene rings is 1. The van der Waals surface area contributed by atoms with Crippen LogP contribution in [0.5, 0.6) is 0 Å². The zero-order valence-electron chi connectivity index (χ0n) is 9.10. The Hall–Kier alpha value is -1.00. The normalized spacial score (nSPS) is 12.3. The lowest BCUT2D eigenvalue weighted by atomic mass is 10.2. The van der Waals surface area contributed by atoms with Crippen LogP contribution < -0.4 is 4.90 Å². The quantitative estimate of drug-likeness (QED) is 0.797. The zero-order valence-corrected chi connectivity index (χ0v) is 9.91. The molecule has 0 spiro atoms. The third-order valence-corrected chi connectivity index (χ3v) is 2.89. The van der Waals surface area contributed by atoms with E-state index in [-0.39, 0.29) is 5.91 Å². The maximum atomic E-state index is 11.5. The molecule has 0 aliphatic carbocycles. The second-order valence-corrected chi connectivity index (χ2v) is 4.15. The molecule has 0 fully saturated rings. The lowest BCUT2D eigenvalue weighted by Crippen LogP contribution is -2.34. The Morgan fingerprint density at radius 3 is 2.33 bits per heavy atom. The minimum absolute atomic E-state index is 0.299. The van der Waals surface area contributed by atoms with Crippen LogP contribution in [0.2, 0.25) is 0 Å².